The summed E-state index contributed by atoms with van der Waals surface area (Å²) >= 11 is 0. The van der Waals surface area contributed by atoms with E-state index >= 15 is 0 Å². The Bertz CT molecular complexity index is 473. The van der Waals surface area contributed by atoms with Gasteiger partial charge in [-0.25, -0.2) is 8.78 Å². The van der Waals surface area contributed by atoms with Crippen molar-refractivity contribution >= 4 is 5.91 Å². The molecule has 0 saturated carbocycles. The van der Waals surface area contributed by atoms with Crippen molar-refractivity contribution in [1.29, 1.82) is 0 Å². The molecular formula is C15H20F2N2O. The smallest absolute Gasteiger partial charge is 0.253 e. The summed E-state index contributed by atoms with van der Waals surface area (Å²) in [7, 11) is 1.69. The van der Waals surface area contributed by atoms with Gasteiger partial charge in [0.25, 0.3) is 5.91 Å². The Balaban J connectivity index is 1.89. The number of benzene rings is 1. The number of nitrogens with zero attached hydrogens (tertiary/aromatic N) is 1. The highest BCUT2D eigenvalue weighted by Gasteiger charge is 2.17. The van der Waals surface area contributed by atoms with E-state index in [-0.39, 0.29) is 11.5 Å². The lowest BCUT2D eigenvalue weighted by molar-refractivity contribution is 0.0787. The molecule has 1 heterocycles. The second kappa shape index (κ2) is 6.79. The minimum atomic E-state index is -0.988. The zero-order chi connectivity index (χ0) is 14.5. The molecule has 1 fully saturated rings. The molecule has 1 N–H and O–H groups in total. The molecule has 5 heteroatoms. The summed E-state index contributed by atoms with van der Waals surface area (Å²) < 4.78 is 26.0. The fourth-order valence-corrected chi connectivity index (χ4v) is 2.47. The van der Waals surface area contributed by atoms with Gasteiger partial charge in [0.1, 0.15) is 0 Å². The zero-order valence-corrected chi connectivity index (χ0v) is 11.7. The molecule has 1 saturated heterocycles. The summed E-state index contributed by atoms with van der Waals surface area (Å²) in [6, 6.07) is 3.70. The van der Waals surface area contributed by atoms with E-state index in [1.54, 1.807) is 11.9 Å². The Kier molecular flexibility index (Phi) is 5.06. The standard InChI is InChI=1S/C15H20F2N2O/c1-19(9-7-12-4-2-3-8-18-12)15(20)11-5-6-13(16)14(17)10-11/h5-6,10,12,18H,2-4,7-9H2,1H3. The van der Waals surface area contributed by atoms with Gasteiger partial charge in [-0.2, -0.15) is 0 Å². The molecule has 3 nitrogen and oxygen atoms in total. The van der Waals surface area contributed by atoms with Crippen LogP contribution in [0.4, 0.5) is 8.78 Å². The van der Waals surface area contributed by atoms with Crippen molar-refractivity contribution in [2.75, 3.05) is 20.1 Å². The van der Waals surface area contributed by atoms with Crippen LogP contribution >= 0.6 is 0 Å². The highest BCUT2D eigenvalue weighted by molar-refractivity contribution is 5.94. The quantitative estimate of drug-likeness (QED) is 0.920. The van der Waals surface area contributed by atoms with E-state index in [4.69, 9.17) is 0 Å². The van der Waals surface area contributed by atoms with Crippen LogP contribution in [-0.2, 0) is 0 Å². The molecule has 0 radical (unpaired) electrons. The number of nitrogens with one attached hydrogen (secondary N) is 1. The third-order valence-electron chi connectivity index (χ3n) is 3.74. The van der Waals surface area contributed by atoms with Crippen LogP contribution in [-0.4, -0.2) is 37.0 Å². The van der Waals surface area contributed by atoms with Gasteiger partial charge in [-0.15, -0.1) is 0 Å². The summed E-state index contributed by atoms with van der Waals surface area (Å²) in [6.45, 7) is 1.64. The van der Waals surface area contributed by atoms with Gasteiger partial charge in [-0.3, -0.25) is 4.79 Å². The maximum Gasteiger partial charge on any atom is 0.253 e. The summed E-state index contributed by atoms with van der Waals surface area (Å²) in [5.41, 5.74) is 0.183. The summed E-state index contributed by atoms with van der Waals surface area (Å²) in [6.07, 6.45) is 4.44. The predicted octanol–water partition coefficient (Wildman–Crippen LogP) is 2.57. The van der Waals surface area contributed by atoms with Crippen molar-refractivity contribution < 1.29 is 13.6 Å². The fraction of sp³-hybridized carbons (Fsp3) is 0.533. The lowest BCUT2D eigenvalue weighted by atomic mass is 10.0. The van der Waals surface area contributed by atoms with Gasteiger partial charge in [0, 0.05) is 25.2 Å². The predicted molar refractivity (Wildman–Crippen MR) is 73.6 cm³/mol. The minimum Gasteiger partial charge on any atom is -0.342 e. The first-order valence-corrected chi connectivity index (χ1v) is 7.02. The third kappa shape index (κ3) is 3.76. The largest absolute Gasteiger partial charge is 0.342 e. The number of carbonyl (C=O) groups excluding carboxylic acids is 1. The van der Waals surface area contributed by atoms with E-state index in [1.807, 2.05) is 0 Å². The Morgan fingerprint density at radius 2 is 2.15 bits per heavy atom. The van der Waals surface area contributed by atoms with Crippen LogP contribution in [0.1, 0.15) is 36.0 Å². The average molecular weight is 282 g/mol. The molecule has 1 amide bonds. The number of hydrogen-bond acceptors (Lipinski definition) is 2. The molecule has 1 aliphatic heterocycles. The van der Waals surface area contributed by atoms with Crippen molar-refractivity contribution in [2.24, 2.45) is 0 Å². The molecule has 110 valence electrons. The van der Waals surface area contributed by atoms with Crippen molar-refractivity contribution in [3.05, 3.63) is 35.4 Å². The van der Waals surface area contributed by atoms with E-state index < -0.39 is 11.6 Å². The van der Waals surface area contributed by atoms with E-state index in [0.717, 1.165) is 31.5 Å². The van der Waals surface area contributed by atoms with Gasteiger partial charge in [-0.05, 0) is 44.0 Å². The van der Waals surface area contributed by atoms with Crippen LogP contribution in [0.5, 0.6) is 0 Å². The summed E-state index contributed by atoms with van der Waals surface area (Å²) in [5.74, 6) is -2.20. The number of rotatable bonds is 4. The monoisotopic (exact) mass is 282 g/mol. The van der Waals surface area contributed by atoms with E-state index in [1.165, 1.54) is 18.9 Å². The Labute approximate surface area is 118 Å². The van der Waals surface area contributed by atoms with Crippen molar-refractivity contribution in [3.63, 3.8) is 0 Å². The molecule has 0 bridgehead atoms. The zero-order valence-electron chi connectivity index (χ0n) is 11.7. The SMILES string of the molecule is CN(CCC1CCCCN1)C(=O)c1ccc(F)c(F)c1. The molecule has 1 aromatic carbocycles. The maximum atomic E-state index is 13.1. The van der Waals surface area contributed by atoms with Crippen LogP contribution < -0.4 is 5.32 Å². The van der Waals surface area contributed by atoms with Crippen LogP contribution in [0.2, 0.25) is 0 Å². The van der Waals surface area contributed by atoms with Gasteiger partial charge >= 0.3 is 0 Å². The van der Waals surface area contributed by atoms with Crippen LogP contribution in [0.3, 0.4) is 0 Å². The van der Waals surface area contributed by atoms with E-state index in [2.05, 4.69) is 5.32 Å². The van der Waals surface area contributed by atoms with Crippen LogP contribution in [0, 0.1) is 11.6 Å². The second-order valence-electron chi connectivity index (χ2n) is 5.29. The van der Waals surface area contributed by atoms with E-state index in [0.29, 0.717) is 12.6 Å². The number of carbonyl (C=O) groups is 1. The maximum absolute atomic E-state index is 13.1. The molecule has 1 unspecified atom stereocenters. The van der Waals surface area contributed by atoms with Crippen LogP contribution in [0.15, 0.2) is 18.2 Å². The third-order valence-corrected chi connectivity index (χ3v) is 3.74. The second-order valence-corrected chi connectivity index (χ2v) is 5.29. The molecular weight excluding hydrogens is 262 g/mol. The Hall–Kier alpha value is -1.49. The van der Waals surface area contributed by atoms with Crippen molar-refractivity contribution in [3.8, 4) is 0 Å². The molecule has 1 atom stereocenters. The molecule has 1 aliphatic rings. The lowest BCUT2D eigenvalue weighted by Gasteiger charge is -2.26. The first kappa shape index (κ1) is 14.9. The van der Waals surface area contributed by atoms with Gasteiger partial charge < -0.3 is 10.2 Å². The summed E-state index contributed by atoms with van der Waals surface area (Å²) in [4.78, 5) is 13.7. The Morgan fingerprint density at radius 1 is 1.35 bits per heavy atom. The molecule has 0 aromatic heterocycles. The molecule has 0 aliphatic carbocycles. The lowest BCUT2D eigenvalue weighted by Crippen LogP contribution is -2.38. The molecule has 2 rings (SSSR count). The number of piperidine rings is 1. The summed E-state index contributed by atoms with van der Waals surface area (Å²) in [5, 5.41) is 3.42. The highest BCUT2D eigenvalue weighted by atomic mass is 19.2. The van der Waals surface area contributed by atoms with Crippen molar-refractivity contribution in [2.45, 2.75) is 31.7 Å². The van der Waals surface area contributed by atoms with Gasteiger partial charge in [0.05, 0.1) is 0 Å². The molecule has 20 heavy (non-hydrogen) atoms. The first-order valence-electron chi connectivity index (χ1n) is 7.02. The topological polar surface area (TPSA) is 32.3 Å². The molecule has 1 aromatic rings. The number of amides is 1. The molecule has 0 spiro atoms. The minimum absolute atomic E-state index is 0.183. The van der Waals surface area contributed by atoms with Gasteiger partial charge in [-0.1, -0.05) is 6.42 Å². The number of halogens is 2. The van der Waals surface area contributed by atoms with Crippen LogP contribution in [0.25, 0.3) is 0 Å². The highest BCUT2D eigenvalue weighted by Crippen LogP contribution is 2.13. The number of hydrogen-bond donors (Lipinski definition) is 1. The van der Waals surface area contributed by atoms with Gasteiger partial charge in [0.15, 0.2) is 11.6 Å². The fourth-order valence-electron chi connectivity index (χ4n) is 2.47. The van der Waals surface area contributed by atoms with Gasteiger partial charge in [0.2, 0.25) is 0 Å². The van der Waals surface area contributed by atoms with Crippen molar-refractivity contribution in [1.82, 2.24) is 10.2 Å². The normalized spacial score (nSPS) is 18.9. The first-order chi connectivity index (χ1) is 9.58. The Morgan fingerprint density at radius 3 is 2.80 bits per heavy atom. The van der Waals surface area contributed by atoms with E-state index in [9.17, 15) is 13.6 Å². The average Bonchev–Trinajstić information content (AvgIpc) is 2.48.